The van der Waals surface area contributed by atoms with Gasteiger partial charge in [-0.15, -0.1) is 0 Å². The Bertz CT molecular complexity index is 230. The largest absolute Gasteiger partial charge is 0.317 e. The molecule has 0 radical (unpaired) electrons. The second kappa shape index (κ2) is 8.23. The van der Waals surface area contributed by atoms with Gasteiger partial charge in [-0.05, 0) is 84.2 Å². The van der Waals surface area contributed by atoms with E-state index in [0.29, 0.717) is 0 Å². The Kier molecular flexibility index (Phi) is 6.62. The summed E-state index contributed by atoms with van der Waals surface area (Å²) in [5, 5.41) is 3.44. The quantitative estimate of drug-likeness (QED) is 0.713. The van der Waals surface area contributed by atoms with Crippen LogP contribution >= 0.6 is 0 Å². The van der Waals surface area contributed by atoms with Crippen LogP contribution in [0.3, 0.4) is 0 Å². The molecular weight excluding hydrogens is 234 g/mol. The first kappa shape index (κ1) is 15.3. The first-order valence-electron chi connectivity index (χ1n) is 8.46. The summed E-state index contributed by atoms with van der Waals surface area (Å²) in [5.41, 5.74) is 0. The molecule has 0 aliphatic carbocycles. The number of nitrogens with one attached hydrogen (secondary N) is 1. The van der Waals surface area contributed by atoms with Crippen LogP contribution in [0, 0.1) is 5.92 Å². The first-order chi connectivity index (χ1) is 9.29. The van der Waals surface area contributed by atoms with Crippen molar-refractivity contribution in [3.05, 3.63) is 0 Å². The summed E-state index contributed by atoms with van der Waals surface area (Å²) in [5.74, 6) is 0.968. The third-order valence-electron chi connectivity index (χ3n) is 4.98. The highest BCUT2D eigenvalue weighted by Gasteiger charge is 2.24. The SMILES string of the molecule is CCNCCC(C)N1CCC(CN2CCCC2)CC1. The number of hydrogen-bond acceptors (Lipinski definition) is 3. The molecule has 19 heavy (non-hydrogen) atoms. The highest BCUT2D eigenvalue weighted by atomic mass is 15.2. The Morgan fingerprint density at radius 3 is 2.42 bits per heavy atom. The monoisotopic (exact) mass is 267 g/mol. The van der Waals surface area contributed by atoms with E-state index >= 15 is 0 Å². The molecule has 3 heteroatoms. The van der Waals surface area contributed by atoms with E-state index in [1.54, 1.807) is 0 Å². The average Bonchev–Trinajstić information content (AvgIpc) is 2.93. The fourth-order valence-electron chi connectivity index (χ4n) is 3.58. The summed E-state index contributed by atoms with van der Waals surface area (Å²) < 4.78 is 0. The molecule has 2 rings (SSSR count). The molecule has 2 fully saturated rings. The number of piperidine rings is 1. The van der Waals surface area contributed by atoms with E-state index in [1.165, 1.54) is 71.4 Å². The predicted octanol–water partition coefficient (Wildman–Crippen LogP) is 2.18. The summed E-state index contributed by atoms with van der Waals surface area (Å²) in [7, 11) is 0. The zero-order valence-corrected chi connectivity index (χ0v) is 13.0. The maximum absolute atomic E-state index is 3.44. The topological polar surface area (TPSA) is 18.5 Å². The second-order valence-electron chi connectivity index (χ2n) is 6.48. The van der Waals surface area contributed by atoms with Crippen LogP contribution in [0.1, 0.15) is 46.0 Å². The van der Waals surface area contributed by atoms with Gasteiger partial charge in [-0.2, -0.15) is 0 Å². The number of hydrogen-bond donors (Lipinski definition) is 1. The molecule has 0 spiro atoms. The van der Waals surface area contributed by atoms with E-state index in [1.807, 2.05) is 0 Å². The fraction of sp³-hybridized carbons (Fsp3) is 1.00. The van der Waals surface area contributed by atoms with Gasteiger partial charge in [0.05, 0.1) is 0 Å². The van der Waals surface area contributed by atoms with Crippen molar-refractivity contribution in [2.75, 3.05) is 45.8 Å². The number of nitrogens with zero attached hydrogens (tertiary/aromatic N) is 2. The van der Waals surface area contributed by atoms with Crippen LogP contribution in [0.15, 0.2) is 0 Å². The molecule has 0 bridgehead atoms. The lowest BCUT2D eigenvalue weighted by atomic mass is 9.95. The zero-order chi connectivity index (χ0) is 13.5. The minimum absolute atomic E-state index is 0.756. The van der Waals surface area contributed by atoms with Crippen molar-refractivity contribution in [2.45, 2.75) is 52.0 Å². The predicted molar refractivity (Wildman–Crippen MR) is 82.6 cm³/mol. The number of rotatable bonds is 7. The molecule has 1 unspecified atom stereocenters. The third kappa shape index (κ3) is 5.05. The second-order valence-corrected chi connectivity index (χ2v) is 6.48. The molecule has 2 aliphatic heterocycles. The Labute approximate surface area is 119 Å². The third-order valence-corrected chi connectivity index (χ3v) is 4.98. The van der Waals surface area contributed by atoms with Crippen molar-refractivity contribution < 1.29 is 0 Å². The van der Waals surface area contributed by atoms with Crippen LogP contribution in [0.5, 0.6) is 0 Å². The maximum atomic E-state index is 3.44. The van der Waals surface area contributed by atoms with Crippen molar-refractivity contribution >= 4 is 0 Å². The molecule has 0 amide bonds. The lowest BCUT2D eigenvalue weighted by Crippen LogP contribution is -2.43. The minimum Gasteiger partial charge on any atom is -0.317 e. The van der Waals surface area contributed by atoms with Gasteiger partial charge in [-0.1, -0.05) is 6.92 Å². The van der Waals surface area contributed by atoms with Crippen LogP contribution in [-0.2, 0) is 0 Å². The van der Waals surface area contributed by atoms with E-state index in [0.717, 1.165) is 18.5 Å². The standard InChI is InChI=1S/C16H33N3/c1-3-17-9-6-15(2)19-12-7-16(8-13-19)14-18-10-4-5-11-18/h15-17H,3-14H2,1-2H3. The molecule has 2 aliphatic rings. The van der Waals surface area contributed by atoms with Crippen molar-refractivity contribution in [1.29, 1.82) is 0 Å². The highest BCUT2D eigenvalue weighted by molar-refractivity contribution is 4.79. The van der Waals surface area contributed by atoms with Gasteiger partial charge in [0.25, 0.3) is 0 Å². The van der Waals surface area contributed by atoms with Gasteiger partial charge in [0.1, 0.15) is 0 Å². The van der Waals surface area contributed by atoms with Crippen LogP contribution in [0.4, 0.5) is 0 Å². The van der Waals surface area contributed by atoms with E-state index < -0.39 is 0 Å². The van der Waals surface area contributed by atoms with Crippen LogP contribution < -0.4 is 5.32 Å². The van der Waals surface area contributed by atoms with Crippen molar-refractivity contribution in [2.24, 2.45) is 5.92 Å². The van der Waals surface area contributed by atoms with Crippen LogP contribution in [0.2, 0.25) is 0 Å². The number of likely N-dealkylation sites (tertiary alicyclic amines) is 2. The molecule has 3 nitrogen and oxygen atoms in total. The van der Waals surface area contributed by atoms with Gasteiger partial charge < -0.3 is 15.1 Å². The smallest absolute Gasteiger partial charge is 0.00790 e. The molecule has 0 aromatic carbocycles. The summed E-state index contributed by atoms with van der Waals surface area (Å²) >= 11 is 0. The molecule has 0 saturated carbocycles. The van der Waals surface area contributed by atoms with Gasteiger partial charge in [-0.3, -0.25) is 0 Å². The summed E-state index contributed by atoms with van der Waals surface area (Å²) in [6.45, 7) is 13.6. The molecule has 0 aromatic heterocycles. The van der Waals surface area contributed by atoms with E-state index in [9.17, 15) is 0 Å². The molecule has 2 heterocycles. The summed E-state index contributed by atoms with van der Waals surface area (Å²) in [6, 6.07) is 0.756. The van der Waals surface area contributed by atoms with E-state index in [-0.39, 0.29) is 0 Å². The Morgan fingerprint density at radius 2 is 1.79 bits per heavy atom. The van der Waals surface area contributed by atoms with Crippen LogP contribution in [0.25, 0.3) is 0 Å². The van der Waals surface area contributed by atoms with E-state index in [4.69, 9.17) is 0 Å². The summed E-state index contributed by atoms with van der Waals surface area (Å²) in [6.07, 6.45) is 7.00. The first-order valence-corrected chi connectivity index (χ1v) is 8.46. The molecule has 0 aromatic rings. The zero-order valence-electron chi connectivity index (χ0n) is 13.0. The van der Waals surface area contributed by atoms with Crippen molar-refractivity contribution in [3.8, 4) is 0 Å². The van der Waals surface area contributed by atoms with Gasteiger partial charge in [0, 0.05) is 12.6 Å². The highest BCUT2D eigenvalue weighted by Crippen LogP contribution is 2.22. The molecule has 2 saturated heterocycles. The molecule has 112 valence electrons. The normalized spacial score (nSPS) is 24.9. The Balaban J connectivity index is 1.61. The Hall–Kier alpha value is -0.120. The molecule has 1 N–H and O–H groups in total. The van der Waals surface area contributed by atoms with Crippen LogP contribution in [-0.4, -0.2) is 61.7 Å². The Morgan fingerprint density at radius 1 is 1.11 bits per heavy atom. The van der Waals surface area contributed by atoms with Gasteiger partial charge in [0.15, 0.2) is 0 Å². The lowest BCUT2D eigenvalue weighted by molar-refractivity contribution is 0.118. The van der Waals surface area contributed by atoms with Gasteiger partial charge in [-0.25, -0.2) is 0 Å². The van der Waals surface area contributed by atoms with Gasteiger partial charge in [0.2, 0.25) is 0 Å². The lowest BCUT2D eigenvalue weighted by Gasteiger charge is -2.37. The molecule has 1 atom stereocenters. The van der Waals surface area contributed by atoms with Gasteiger partial charge >= 0.3 is 0 Å². The minimum atomic E-state index is 0.756. The average molecular weight is 267 g/mol. The summed E-state index contributed by atoms with van der Waals surface area (Å²) in [4.78, 5) is 5.40. The maximum Gasteiger partial charge on any atom is 0.00790 e. The fourth-order valence-corrected chi connectivity index (χ4v) is 3.58. The van der Waals surface area contributed by atoms with Crippen molar-refractivity contribution in [1.82, 2.24) is 15.1 Å². The van der Waals surface area contributed by atoms with E-state index in [2.05, 4.69) is 29.0 Å². The van der Waals surface area contributed by atoms with Crippen molar-refractivity contribution in [3.63, 3.8) is 0 Å². The molecular formula is C16H33N3.